The largest absolute Gasteiger partial charge is 0.573 e. The maximum absolute atomic E-state index is 12.8. The maximum atomic E-state index is 12.8. The molecule has 11 heteroatoms. The van der Waals surface area contributed by atoms with Crippen molar-refractivity contribution in [1.29, 1.82) is 5.26 Å². The van der Waals surface area contributed by atoms with Crippen molar-refractivity contribution in [3.05, 3.63) is 24.3 Å². The summed E-state index contributed by atoms with van der Waals surface area (Å²) >= 11 is 0. The summed E-state index contributed by atoms with van der Waals surface area (Å²) in [5.41, 5.74) is 4.03. The van der Waals surface area contributed by atoms with E-state index in [1.54, 1.807) is 0 Å². The molecule has 8 nitrogen and oxygen atoms in total. The Hall–Kier alpha value is -2.55. The van der Waals surface area contributed by atoms with Crippen LogP contribution in [0.4, 0.5) is 18.9 Å². The van der Waals surface area contributed by atoms with E-state index in [9.17, 15) is 23.2 Å². The number of halogens is 3. The third-order valence-corrected chi connectivity index (χ3v) is 7.59. The van der Waals surface area contributed by atoms with Crippen molar-refractivity contribution in [3.8, 4) is 11.8 Å². The van der Waals surface area contributed by atoms with Crippen LogP contribution in [0.2, 0.25) is 0 Å². The molecular weight excluding hydrogens is 449 g/mol. The van der Waals surface area contributed by atoms with Crippen LogP contribution < -0.4 is 20.8 Å². The third kappa shape index (κ3) is 4.67. The predicted molar refractivity (Wildman–Crippen MR) is 117 cm³/mol. The van der Waals surface area contributed by atoms with Gasteiger partial charge in [0.15, 0.2) is 0 Å². The molecule has 3 N–H and O–H groups in total. The first-order valence-corrected chi connectivity index (χ1v) is 11.9. The second kappa shape index (κ2) is 9.24. The number of nitriles is 1. The second-order valence-electron chi connectivity index (χ2n) is 9.56. The van der Waals surface area contributed by atoms with Crippen molar-refractivity contribution < 1.29 is 22.7 Å². The van der Waals surface area contributed by atoms with Crippen LogP contribution in [0.5, 0.6) is 5.75 Å². The van der Waals surface area contributed by atoms with Crippen molar-refractivity contribution in [3.63, 3.8) is 0 Å². The van der Waals surface area contributed by atoms with Crippen molar-refractivity contribution in [2.24, 2.45) is 11.8 Å². The third-order valence-electron chi connectivity index (χ3n) is 7.59. The quantitative estimate of drug-likeness (QED) is 0.599. The standard InChI is InChI=1S/C23H29F3N6O2/c24-23(25,26)34-17-5-2-15(3-6-17)29-21-20-19(8-9-28-22(20)33)32(30-21)18-7-4-16(12-14(18)13-27)31-10-1-11-31/h2-3,5-6,14,16,18-21,29-30H,1,4,7-12H2,(H,28,33)/t14-,16-,18+,19?,20?,21?/m1/s1. The topological polar surface area (TPSA) is 92.7 Å². The maximum Gasteiger partial charge on any atom is 0.573 e. The highest BCUT2D eigenvalue weighted by Gasteiger charge is 2.52. The van der Waals surface area contributed by atoms with Gasteiger partial charge in [0.2, 0.25) is 5.91 Å². The van der Waals surface area contributed by atoms with E-state index in [4.69, 9.17) is 0 Å². The molecular formula is C23H29F3N6O2. The molecule has 1 aliphatic carbocycles. The number of fused-ring (bicyclic) bond motifs is 1. The first-order valence-electron chi connectivity index (χ1n) is 11.9. The van der Waals surface area contributed by atoms with Gasteiger partial charge in [-0.1, -0.05) is 0 Å². The normalized spacial score (nSPS) is 34.5. The highest BCUT2D eigenvalue weighted by molar-refractivity contribution is 5.82. The van der Waals surface area contributed by atoms with E-state index in [0.717, 1.165) is 38.8 Å². The van der Waals surface area contributed by atoms with Gasteiger partial charge in [0, 0.05) is 30.4 Å². The summed E-state index contributed by atoms with van der Waals surface area (Å²) in [6.45, 7) is 2.80. The first kappa shape index (κ1) is 23.2. The molecule has 0 bridgehead atoms. The summed E-state index contributed by atoms with van der Waals surface area (Å²) in [6, 6.07) is 8.41. The zero-order valence-electron chi connectivity index (χ0n) is 18.7. The fraction of sp³-hybridized carbons (Fsp3) is 0.652. The molecule has 3 heterocycles. The molecule has 1 amide bonds. The number of piperidine rings is 1. The number of alkyl halides is 3. The minimum absolute atomic E-state index is 0.00953. The van der Waals surface area contributed by atoms with E-state index in [-0.39, 0.29) is 35.6 Å². The van der Waals surface area contributed by atoms with Crippen molar-refractivity contribution in [2.45, 2.75) is 62.8 Å². The van der Waals surface area contributed by atoms with E-state index in [0.29, 0.717) is 18.3 Å². The molecule has 1 aromatic carbocycles. The van der Waals surface area contributed by atoms with Crippen LogP contribution in [0.15, 0.2) is 24.3 Å². The molecule has 1 aromatic rings. The lowest BCUT2D eigenvalue weighted by Gasteiger charge is -2.46. The molecule has 184 valence electrons. The van der Waals surface area contributed by atoms with Crippen molar-refractivity contribution in [2.75, 3.05) is 25.0 Å². The lowest BCUT2D eigenvalue weighted by molar-refractivity contribution is -0.274. The van der Waals surface area contributed by atoms with E-state index >= 15 is 0 Å². The van der Waals surface area contributed by atoms with Gasteiger partial charge in [-0.05, 0) is 69.5 Å². The van der Waals surface area contributed by atoms with E-state index < -0.39 is 12.5 Å². The van der Waals surface area contributed by atoms with Crippen LogP contribution >= 0.6 is 0 Å². The number of nitrogens with zero attached hydrogens (tertiary/aromatic N) is 3. The molecule has 3 saturated heterocycles. The molecule has 0 spiro atoms. The van der Waals surface area contributed by atoms with Crippen LogP contribution in [0, 0.1) is 23.2 Å². The highest BCUT2D eigenvalue weighted by atomic mass is 19.4. The number of likely N-dealkylation sites (tertiary alicyclic amines) is 1. The van der Waals surface area contributed by atoms with Gasteiger partial charge in [-0.3, -0.25) is 4.79 Å². The van der Waals surface area contributed by atoms with Crippen LogP contribution in [0.25, 0.3) is 0 Å². The zero-order chi connectivity index (χ0) is 23.9. The lowest BCUT2D eigenvalue weighted by atomic mass is 9.79. The molecule has 0 radical (unpaired) electrons. The Morgan fingerprint density at radius 2 is 1.88 bits per heavy atom. The molecule has 6 atom stereocenters. The molecule has 0 aromatic heterocycles. The van der Waals surface area contributed by atoms with Gasteiger partial charge < -0.3 is 20.3 Å². The fourth-order valence-electron chi connectivity index (χ4n) is 5.88. The molecule has 1 saturated carbocycles. The Kier molecular flexibility index (Phi) is 6.31. The number of hydrazine groups is 1. The summed E-state index contributed by atoms with van der Waals surface area (Å²) in [7, 11) is 0. The van der Waals surface area contributed by atoms with Gasteiger partial charge in [0.05, 0.1) is 17.9 Å². The summed E-state index contributed by atoms with van der Waals surface area (Å²) in [5, 5.41) is 18.3. The highest BCUT2D eigenvalue weighted by Crippen LogP contribution is 2.38. The SMILES string of the molecule is N#C[C@H]1C[C@H](N2CCC2)CC[C@@H]1N1NC(Nc2ccc(OC(F)(F)F)cc2)C2C(=O)NCCC21. The summed E-state index contributed by atoms with van der Waals surface area (Å²) in [6.07, 6.45) is -0.447. The number of hydrogen-bond donors (Lipinski definition) is 3. The summed E-state index contributed by atoms with van der Waals surface area (Å²) in [5.74, 6) is -0.881. The minimum atomic E-state index is -4.75. The van der Waals surface area contributed by atoms with Crippen LogP contribution in [-0.4, -0.2) is 66.1 Å². The molecule has 3 unspecified atom stereocenters. The average molecular weight is 479 g/mol. The summed E-state index contributed by atoms with van der Waals surface area (Å²) < 4.78 is 41.3. The van der Waals surface area contributed by atoms with Gasteiger partial charge >= 0.3 is 6.36 Å². The fourth-order valence-corrected chi connectivity index (χ4v) is 5.88. The molecule has 4 fully saturated rings. The Morgan fingerprint density at radius 1 is 1.12 bits per heavy atom. The van der Waals surface area contributed by atoms with E-state index in [1.165, 1.54) is 30.7 Å². The number of benzene rings is 1. The molecule has 4 aliphatic rings. The van der Waals surface area contributed by atoms with Gasteiger partial charge in [-0.15, -0.1) is 13.2 Å². The van der Waals surface area contributed by atoms with Crippen LogP contribution in [0.3, 0.4) is 0 Å². The average Bonchev–Trinajstić information content (AvgIpc) is 3.12. The number of anilines is 1. The van der Waals surface area contributed by atoms with E-state index in [2.05, 4.69) is 36.8 Å². The zero-order valence-corrected chi connectivity index (χ0v) is 18.7. The monoisotopic (exact) mass is 478 g/mol. The van der Waals surface area contributed by atoms with Gasteiger partial charge in [-0.2, -0.15) is 5.26 Å². The minimum Gasteiger partial charge on any atom is -0.406 e. The second-order valence-corrected chi connectivity index (χ2v) is 9.56. The number of amides is 1. The van der Waals surface area contributed by atoms with Crippen LogP contribution in [-0.2, 0) is 4.79 Å². The van der Waals surface area contributed by atoms with E-state index in [1.807, 2.05) is 0 Å². The van der Waals surface area contributed by atoms with Crippen LogP contribution in [0.1, 0.15) is 32.1 Å². The van der Waals surface area contributed by atoms with Gasteiger partial charge in [0.25, 0.3) is 0 Å². The van der Waals surface area contributed by atoms with Crippen molar-refractivity contribution >= 4 is 11.6 Å². The molecule has 34 heavy (non-hydrogen) atoms. The Balaban J connectivity index is 1.30. The number of ether oxygens (including phenoxy) is 1. The first-order chi connectivity index (χ1) is 16.3. The summed E-state index contributed by atoms with van der Waals surface area (Å²) in [4.78, 5) is 15.3. The number of carbonyl (C=O) groups is 1. The number of nitrogens with one attached hydrogen (secondary N) is 3. The molecule has 3 aliphatic heterocycles. The molecule has 5 rings (SSSR count). The Bertz CT molecular complexity index is 932. The lowest BCUT2D eigenvalue weighted by Crippen LogP contribution is -2.57. The number of rotatable bonds is 5. The Labute approximate surface area is 196 Å². The smallest absolute Gasteiger partial charge is 0.406 e. The van der Waals surface area contributed by atoms with Gasteiger partial charge in [0.1, 0.15) is 11.9 Å². The predicted octanol–water partition coefficient (Wildman–Crippen LogP) is 2.41. The van der Waals surface area contributed by atoms with Gasteiger partial charge in [-0.25, -0.2) is 10.4 Å². The Morgan fingerprint density at radius 3 is 2.53 bits per heavy atom. The number of hydrogen-bond acceptors (Lipinski definition) is 7. The number of carbonyl (C=O) groups excluding carboxylic acids is 1. The van der Waals surface area contributed by atoms with Crippen molar-refractivity contribution in [1.82, 2.24) is 20.7 Å².